The molecule has 6 nitrogen and oxygen atoms in total. The molecule has 30 heavy (non-hydrogen) atoms. The fourth-order valence-electron chi connectivity index (χ4n) is 5.15. The minimum atomic E-state index is -0.600. The second kappa shape index (κ2) is 8.24. The van der Waals surface area contributed by atoms with Gasteiger partial charge in [0.2, 0.25) is 0 Å². The van der Waals surface area contributed by atoms with Crippen LogP contribution in [0.3, 0.4) is 0 Å². The molecule has 160 valence electrons. The molecule has 7 heteroatoms. The highest BCUT2D eigenvalue weighted by molar-refractivity contribution is 7.10. The number of carbonyl (C=O) groups is 2. The molecule has 0 unspecified atom stereocenters. The lowest BCUT2D eigenvalue weighted by atomic mass is 9.64. The van der Waals surface area contributed by atoms with Crippen LogP contribution in [-0.4, -0.2) is 43.1 Å². The third kappa shape index (κ3) is 3.04. The van der Waals surface area contributed by atoms with Crippen LogP contribution in [0.4, 0.5) is 0 Å². The third-order valence-corrected chi connectivity index (χ3v) is 7.62. The van der Waals surface area contributed by atoms with E-state index >= 15 is 0 Å². The summed E-state index contributed by atoms with van der Waals surface area (Å²) in [6.45, 7) is 4.81. The van der Waals surface area contributed by atoms with Gasteiger partial charge in [-0.1, -0.05) is 30.3 Å². The van der Waals surface area contributed by atoms with Crippen molar-refractivity contribution in [3.63, 3.8) is 0 Å². The van der Waals surface area contributed by atoms with Gasteiger partial charge in [0.15, 0.2) is 0 Å². The van der Waals surface area contributed by atoms with Gasteiger partial charge in [-0.15, -0.1) is 11.3 Å². The average molecular weight is 430 g/mol. The van der Waals surface area contributed by atoms with Gasteiger partial charge in [-0.3, -0.25) is 4.79 Å². The van der Waals surface area contributed by atoms with Crippen LogP contribution in [-0.2, 0) is 31.0 Å². The monoisotopic (exact) mass is 429 g/mol. The van der Waals surface area contributed by atoms with Crippen molar-refractivity contribution in [3.8, 4) is 0 Å². The fraction of sp³-hybridized carbons (Fsp3) is 0.391. The Hall–Kier alpha value is -2.64. The molecule has 1 aromatic carbocycles. The van der Waals surface area contributed by atoms with Crippen LogP contribution in [0.25, 0.3) is 0 Å². The lowest BCUT2D eigenvalue weighted by Gasteiger charge is -2.55. The molecule has 0 radical (unpaired) electrons. The zero-order valence-corrected chi connectivity index (χ0v) is 18.4. The maximum atomic E-state index is 13.3. The first-order valence-corrected chi connectivity index (χ1v) is 10.6. The number of hydrogen-bond acceptors (Lipinski definition) is 6. The average Bonchev–Trinajstić information content (AvgIpc) is 3.23. The fourth-order valence-corrected chi connectivity index (χ4v) is 6.31. The molecule has 2 aliphatic heterocycles. The number of methoxy groups -OCH3 is 2. The number of fused-ring (bicyclic) bond motifs is 3. The first kappa shape index (κ1) is 22.1. The number of hydrogen-bond donors (Lipinski definition) is 0. The molecule has 2 N–H and O–H groups in total. The van der Waals surface area contributed by atoms with Crippen molar-refractivity contribution in [2.75, 3.05) is 20.8 Å². The molecule has 3 heterocycles. The number of esters is 2. The molecule has 2 aliphatic rings. The van der Waals surface area contributed by atoms with Crippen molar-refractivity contribution in [2.45, 2.75) is 31.7 Å². The number of allylic oxidation sites excluding steroid dienone is 1. The Labute approximate surface area is 180 Å². The summed E-state index contributed by atoms with van der Waals surface area (Å²) in [6, 6.07) is 11.9. The van der Waals surface area contributed by atoms with E-state index in [1.807, 2.05) is 37.3 Å². The number of thiophene rings is 1. The summed E-state index contributed by atoms with van der Waals surface area (Å²) in [5.74, 6) is -1.75. The van der Waals surface area contributed by atoms with Crippen molar-refractivity contribution in [1.82, 2.24) is 4.90 Å². The van der Waals surface area contributed by atoms with Crippen LogP contribution >= 0.6 is 11.3 Å². The predicted molar refractivity (Wildman–Crippen MR) is 115 cm³/mol. The van der Waals surface area contributed by atoms with Gasteiger partial charge in [0, 0.05) is 23.0 Å². The zero-order chi connectivity index (χ0) is 20.8. The van der Waals surface area contributed by atoms with E-state index in [2.05, 4.69) is 23.3 Å². The Morgan fingerprint density at radius 1 is 1.13 bits per heavy atom. The summed E-state index contributed by atoms with van der Waals surface area (Å²) in [4.78, 5) is 29.6. The van der Waals surface area contributed by atoms with Crippen LogP contribution in [0.15, 0.2) is 53.0 Å². The van der Waals surface area contributed by atoms with Crippen molar-refractivity contribution in [2.24, 2.45) is 5.92 Å². The summed E-state index contributed by atoms with van der Waals surface area (Å²) in [5.41, 5.74) is 2.98. The maximum Gasteiger partial charge on any atom is 0.336 e. The first-order chi connectivity index (χ1) is 13.9. The number of carbonyl (C=O) groups excluding carboxylic acids is 2. The normalized spacial score (nSPS) is 25.0. The van der Waals surface area contributed by atoms with Crippen molar-refractivity contribution in [1.29, 1.82) is 0 Å². The van der Waals surface area contributed by atoms with Gasteiger partial charge >= 0.3 is 11.9 Å². The van der Waals surface area contributed by atoms with E-state index in [0.717, 1.165) is 24.2 Å². The van der Waals surface area contributed by atoms with Crippen LogP contribution in [0, 0.1) is 5.92 Å². The molecule has 3 atom stereocenters. The zero-order valence-electron chi connectivity index (χ0n) is 17.6. The highest BCUT2D eigenvalue weighted by atomic mass is 32.1. The van der Waals surface area contributed by atoms with Gasteiger partial charge < -0.3 is 19.8 Å². The highest BCUT2D eigenvalue weighted by Crippen LogP contribution is 2.56. The van der Waals surface area contributed by atoms with Crippen molar-refractivity contribution >= 4 is 23.3 Å². The third-order valence-electron chi connectivity index (χ3n) is 6.44. The molecule has 0 bridgehead atoms. The van der Waals surface area contributed by atoms with Gasteiger partial charge in [0.25, 0.3) is 0 Å². The van der Waals surface area contributed by atoms with E-state index in [-0.39, 0.29) is 11.4 Å². The Bertz CT molecular complexity index is 982. The molecule has 0 aliphatic carbocycles. The summed E-state index contributed by atoms with van der Waals surface area (Å²) >= 11 is 1.67. The molecule has 0 amide bonds. The molecule has 0 saturated heterocycles. The Kier molecular flexibility index (Phi) is 6.06. The SMILES string of the molecule is COC(=O)C1=C(C)N2CCc3ccsc3[C@]2(C)[C@H](C(=O)OC)[C@@H]1c1ccccc1.O. The van der Waals surface area contributed by atoms with Crippen molar-refractivity contribution in [3.05, 3.63) is 69.1 Å². The molecule has 1 aromatic heterocycles. The summed E-state index contributed by atoms with van der Waals surface area (Å²) in [6.07, 6.45) is 0.879. The van der Waals surface area contributed by atoms with Gasteiger partial charge in [-0.2, -0.15) is 0 Å². The van der Waals surface area contributed by atoms with Crippen LogP contribution < -0.4 is 0 Å². The summed E-state index contributed by atoms with van der Waals surface area (Å²) in [7, 11) is 2.80. The van der Waals surface area contributed by atoms with Gasteiger partial charge in [-0.05, 0) is 42.8 Å². The van der Waals surface area contributed by atoms with Crippen LogP contribution in [0.1, 0.15) is 35.8 Å². The first-order valence-electron chi connectivity index (χ1n) is 9.71. The van der Waals surface area contributed by atoms with E-state index in [4.69, 9.17) is 9.47 Å². The quantitative estimate of drug-likeness (QED) is 0.700. The minimum Gasteiger partial charge on any atom is -0.469 e. The van der Waals surface area contributed by atoms with Gasteiger partial charge in [0.05, 0.1) is 31.2 Å². The van der Waals surface area contributed by atoms with E-state index < -0.39 is 23.3 Å². The Balaban J connectivity index is 0.00000256. The molecule has 0 spiro atoms. The Morgan fingerprint density at radius 3 is 2.47 bits per heavy atom. The number of ether oxygens (including phenoxy) is 2. The molecule has 2 aromatic rings. The molecule has 0 saturated carbocycles. The van der Waals surface area contributed by atoms with Crippen LogP contribution in [0.5, 0.6) is 0 Å². The molecule has 0 fully saturated rings. The number of rotatable bonds is 3. The maximum absolute atomic E-state index is 13.3. The number of benzene rings is 1. The topological polar surface area (TPSA) is 87.3 Å². The van der Waals surface area contributed by atoms with E-state index in [1.165, 1.54) is 24.7 Å². The van der Waals surface area contributed by atoms with Gasteiger partial charge in [0.1, 0.15) is 0 Å². The standard InChI is InChI=1S/C23H25NO4S.H2O/c1-14-17(21(25)27-3)18(15-8-6-5-7-9-15)19(22(26)28-4)23(2)20-16(11-13-29-20)10-12-24(14)23;/h5-9,11,13,18-19H,10,12H2,1-4H3;1H2/t18-,19+,23+;/m1./s1. The second-order valence-corrected chi connectivity index (χ2v) is 8.62. The molecule has 4 rings (SSSR count). The van der Waals surface area contributed by atoms with E-state index in [0.29, 0.717) is 5.57 Å². The lowest BCUT2D eigenvalue weighted by Crippen LogP contribution is -2.59. The van der Waals surface area contributed by atoms with Crippen molar-refractivity contribution < 1.29 is 24.5 Å². The van der Waals surface area contributed by atoms with Gasteiger partial charge in [-0.25, -0.2) is 4.79 Å². The molecular formula is C23H27NO5S. The largest absolute Gasteiger partial charge is 0.469 e. The Morgan fingerprint density at radius 2 is 1.83 bits per heavy atom. The van der Waals surface area contributed by atoms with Crippen LogP contribution in [0.2, 0.25) is 0 Å². The second-order valence-electron chi connectivity index (χ2n) is 7.70. The smallest absolute Gasteiger partial charge is 0.336 e. The predicted octanol–water partition coefficient (Wildman–Crippen LogP) is 3.03. The van der Waals surface area contributed by atoms with E-state index in [9.17, 15) is 9.59 Å². The lowest BCUT2D eigenvalue weighted by molar-refractivity contribution is -0.154. The summed E-state index contributed by atoms with van der Waals surface area (Å²) < 4.78 is 10.5. The molecular weight excluding hydrogens is 402 g/mol. The number of nitrogens with zero attached hydrogens (tertiary/aromatic N) is 1. The summed E-state index contributed by atoms with van der Waals surface area (Å²) in [5, 5.41) is 2.08. The van der Waals surface area contributed by atoms with E-state index in [1.54, 1.807) is 11.3 Å². The highest BCUT2D eigenvalue weighted by Gasteiger charge is 2.58. The minimum absolute atomic E-state index is 0.